The molecule has 2 unspecified atom stereocenters. The maximum Gasteiger partial charge on any atom is 0.123 e. The second kappa shape index (κ2) is 5.14. The Morgan fingerprint density at radius 1 is 1.11 bits per heavy atom. The van der Waals surface area contributed by atoms with Crippen molar-refractivity contribution in [2.24, 2.45) is 0 Å². The number of halogens is 1. The van der Waals surface area contributed by atoms with Gasteiger partial charge in [0.05, 0.1) is 0 Å². The highest BCUT2D eigenvalue weighted by Crippen LogP contribution is 2.32. The molecular weight excluding hydrogens is 237 g/mol. The summed E-state index contributed by atoms with van der Waals surface area (Å²) in [4.78, 5) is 0. The number of benzene rings is 2. The largest absolute Gasteiger partial charge is 0.303 e. The lowest BCUT2D eigenvalue weighted by atomic mass is 10.0. The van der Waals surface area contributed by atoms with Crippen molar-refractivity contribution in [2.45, 2.75) is 31.8 Å². The van der Waals surface area contributed by atoms with Gasteiger partial charge in [-0.25, -0.2) is 4.39 Å². The molecule has 0 aliphatic heterocycles. The van der Waals surface area contributed by atoms with Crippen LogP contribution in [-0.2, 0) is 6.42 Å². The van der Waals surface area contributed by atoms with Gasteiger partial charge in [0.25, 0.3) is 0 Å². The molecule has 0 amide bonds. The van der Waals surface area contributed by atoms with Gasteiger partial charge in [0, 0.05) is 12.1 Å². The van der Waals surface area contributed by atoms with Gasteiger partial charge in [0.15, 0.2) is 0 Å². The molecule has 1 nitrogen and oxygen atoms in total. The standard InChI is InChI=1S/C17H18FN/c1-12(13-6-9-15(18)10-7-13)19-17-11-8-14-4-2-3-5-16(14)17/h2-7,9-10,12,17,19H,8,11H2,1H3. The van der Waals surface area contributed by atoms with Gasteiger partial charge < -0.3 is 5.32 Å². The van der Waals surface area contributed by atoms with Crippen LogP contribution in [0.15, 0.2) is 48.5 Å². The van der Waals surface area contributed by atoms with Gasteiger partial charge in [-0.15, -0.1) is 0 Å². The van der Waals surface area contributed by atoms with Gasteiger partial charge in [0.2, 0.25) is 0 Å². The SMILES string of the molecule is CC(NC1CCc2ccccc21)c1ccc(F)cc1. The first-order valence-electron chi connectivity index (χ1n) is 6.83. The maximum absolute atomic E-state index is 12.9. The topological polar surface area (TPSA) is 12.0 Å². The van der Waals surface area contributed by atoms with Crippen molar-refractivity contribution in [2.75, 3.05) is 0 Å². The molecule has 0 heterocycles. The van der Waals surface area contributed by atoms with Gasteiger partial charge in [-0.2, -0.15) is 0 Å². The highest BCUT2D eigenvalue weighted by atomic mass is 19.1. The molecular formula is C17H18FN. The van der Waals surface area contributed by atoms with E-state index in [0.29, 0.717) is 6.04 Å². The summed E-state index contributed by atoms with van der Waals surface area (Å²) in [6.07, 6.45) is 2.29. The summed E-state index contributed by atoms with van der Waals surface area (Å²) < 4.78 is 12.9. The molecule has 0 saturated carbocycles. The third kappa shape index (κ3) is 2.54. The van der Waals surface area contributed by atoms with Gasteiger partial charge >= 0.3 is 0 Å². The lowest BCUT2D eigenvalue weighted by Gasteiger charge is -2.20. The minimum absolute atomic E-state index is 0.179. The summed E-state index contributed by atoms with van der Waals surface area (Å²) in [6.45, 7) is 2.13. The quantitative estimate of drug-likeness (QED) is 0.868. The predicted molar refractivity (Wildman–Crippen MR) is 75.5 cm³/mol. The molecule has 2 atom stereocenters. The number of aryl methyl sites for hydroxylation is 1. The summed E-state index contributed by atoms with van der Waals surface area (Å²) in [5.41, 5.74) is 3.99. The highest BCUT2D eigenvalue weighted by molar-refractivity contribution is 5.34. The first-order chi connectivity index (χ1) is 9.24. The third-order valence-electron chi connectivity index (χ3n) is 3.95. The van der Waals surface area contributed by atoms with E-state index in [0.717, 1.165) is 18.4 Å². The molecule has 19 heavy (non-hydrogen) atoms. The number of fused-ring (bicyclic) bond motifs is 1. The fourth-order valence-corrected chi connectivity index (χ4v) is 2.88. The molecule has 1 N–H and O–H groups in total. The molecule has 0 aromatic heterocycles. The lowest BCUT2D eigenvalue weighted by Crippen LogP contribution is -2.22. The molecule has 2 heteroatoms. The number of rotatable bonds is 3. The number of hydrogen-bond donors (Lipinski definition) is 1. The molecule has 1 aliphatic carbocycles. The highest BCUT2D eigenvalue weighted by Gasteiger charge is 2.23. The number of hydrogen-bond acceptors (Lipinski definition) is 1. The van der Waals surface area contributed by atoms with Crippen molar-refractivity contribution >= 4 is 0 Å². The van der Waals surface area contributed by atoms with Crippen LogP contribution in [0.2, 0.25) is 0 Å². The first kappa shape index (κ1) is 12.4. The summed E-state index contributed by atoms with van der Waals surface area (Å²) in [6, 6.07) is 16.0. The van der Waals surface area contributed by atoms with E-state index >= 15 is 0 Å². The Hall–Kier alpha value is -1.67. The zero-order valence-corrected chi connectivity index (χ0v) is 11.1. The van der Waals surface area contributed by atoms with Crippen LogP contribution in [0, 0.1) is 5.82 Å². The van der Waals surface area contributed by atoms with Gasteiger partial charge in [0.1, 0.15) is 5.82 Å². The van der Waals surface area contributed by atoms with Crippen molar-refractivity contribution in [1.82, 2.24) is 5.32 Å². The lowest BCUT2D eigenvalue weighted by molar-refractivity contribution is 0.464. The molecule has 3 rings (SSSR count). The van der Waals surface area contributed by atoms with Gasteiger partial charge in [-0.3, -0.25) is 0 Å². The van der Waals surface area contributed by atoms with Crippen molar-refractivity contribution in [3.8, 4) is 0 Å². The summed E-state index contributed by atoms with van der Waals surface area (Å²) >= 11 is 0. The maximum atomic E-state index is 12.9. The third-order valence-corrected chi connectivity index (χ3v) is 3.95. The Balaban J connectivity index is 1.74. The van der Waals surface area contributed by atoms with E-state index in [4.69, 9.17) is 0 Å². The fourth-order valence-electron chi connectivity index (χ4n) is 2.88. The normalized spacial score (nSPS) is 19.2. The van der Waals surface area contributed by atoms with Crippen LogP contribution in [-0.4, -0.2) is 0 Å². The zero-order valence-electron chi connectivity index (χ0n) is 11.1. The van der Waals surface area contributed by atoms with Crippen LogP contribution in [0.4, 0.5) is 4.39 Å². The van der Waals surface area contributed by atoms with Crippen molar-refractivity contribution in [1.29, 1.82) is 0 Å². The molecule has 0 spiro atoms. The zero-order chi connectivity index (χ0) is 13.2. The van der Waals surface area contributed by atoms with E-state index in [1.807, 2.05) is 12.1 Å². The Labute approximate surface area is 113 Å². The molecule has 1 aliphatic rings. The second-order valence-electron chi connectivity index (χ2n) is 5.23. The van der Waals surface area contributed by atoms with Crippen LogP contribution in [0.3, 0.4) is 0 Å². The van der Waals surface area contributed by atoms with Gasteiger partial charge in [-0.1, -0.05) is 36.4 Å². The van der Waals surface area contributed by atoms with Crippen molar-refractivity contribution in [3.05, 3.63) is 71.0 Å². The van der Waals surface area contributed by atoms with E-state index < -0.39 is 0 Å². The molecule has 0 radical (unpaired) electrons. The Morgan fingerprint density at radius 2 is 1.84 bits per heavy atom. The molecule has 2 aromatic rings. The van der Waals surface area contributed by atoms with Crippen LogP contribution >= 0.6 is 0 Å². The molecule has 2 aromatic carbocycles. The fraction of sp³-hybridized carbons (Fsp3) is 0.294. The first-order valence-corrected chi connectivity index (χ1v) is 6.83. The molecule has 0 saturated heterocycles. The monoisotopic (exact) mass is 255 g/mol. The molecule has 98 valence electrons. The van der Waals surface area contributed by atoms with Crippen LogP contribution in [0.1, 0.15) is 42.1 Å². The average Bonchev–Trinajstić information content (AvgIpc) is 2.83. The van der Waals surface area contributed by atoms with Crippen LogP contribution in [0.5, 0.6) is 0 Å². The van der Waals surface area contributed by atoms with E-state index in [1.54, 1.807) is 0 Å². The predicted octanol–water partition coefficient (Wildman–Crippen LogP) is 4.16. The second-order valence-corrected chi connectivity index (χ2v) is 5.23. The van der Waals surface area contributed by atoms with Crippen molar-refractivity contribution in [3.63, 3.8) is 0 Å². The van der Waals surface area contributed by atoms with Crippen molar-refractivity contribution < 1.29 is 4.39 Å². The summed E-state index contributed by atoms with van der Waals surface area (Å²) in [5.74, 6) is -0.179. The summed E-state index contributed by atoms with van der Waals surface area (Å²) in [5, 5.41) is 3.65. The number of nitrogens with one attached hydrogen (secondary N) is 1. The molecule has 0 fully saturated rings. The Kier molecular flexibility index (Phi) is 3.34. The Morgan fingerprint density at radius 3 is 2.63 bits per heavy atom. The van der Waals surface area contributed by atoms with E-state index in [-0.39, 0.29) is 11.9 Å². The Bertz CT molecular complexity index is 562. The average molecular weight is 255 g/mol. The van der Waals surface area contributed by atoms with E-state index in [9.17, 15) is 4.39 Å². The van der Waals surface area contributed by atoms with Crippen LogP contribution < -0.4 is 5.32 Å². The molecule has 0 bridgehead atoms. The summed E-state index contributed by atoms with van der Waals surface area (Å²) in [7, 11) is 0. The van der Waals surface area contributed by atoms with Gasteiger partial charge in [-0.05, 0) is 48.6 Å². The minimum atomic E-state index is -0.179. The van der Waals surface area contributed by atoms with E-state index in [1.165, 1.54) is 23.3 Å². The smallest absolute Gasteiger partial charge is 0.123 e. The van der Waals surface area contributed by atoms with E-state index in [2.05, 4.69) is 36.5 Å². The minimum Gasteiger partial charge on any atom is -0.303 e. The van der Waals surface area contributed by atoms with Crippen LogP contribution in [0.25, 0.3) is 0 Å².